The summed E-state index contributed by atoms with van der Waals surface area (Å²) in [6, 6.07) is 2.35. The molecule has 5 nitrogen and oxygen atoms in total. The number of fused-ring (bicyclic) bond motifs is 1. The van der Waals surface area contributed by atoms with Gasteiger partial charge in [-0.15, -0.1) is 0 Å². The van der Waals surface area contributed by atoms with Crippen molar-refractivity contribution in [1.29, 1.82) is 0 Å². The Labute approximate surface area is 136 Å². The second kappa shape index (κ2) is 5.92. The van der Waals surface area contributed by atoms with Gasteiger partial charge in [-0.1, -0.05) is 6.92 Å². The van der Waals surface area contributed by atoms with Crippen LogP contribution in [-0.2, 0) is 23.9 Å². The van der Waals surface area contributed by atoms with E-state index in [0.29, 0.717) is 37.2 Å². The van der Waals surface area contributed by atoms with Crippen LogP contribution in [-0.4, -0.2) is 32.5 Å². The van der Waals surface area contributed by atoms with E-state index < -0.39 is 11.9 Å². The molecule has 0 aliphatic carbocycles. The smallest absolute Gasteiger partial charge is 0.338 e. The minimum Gasteiger partial charge on any atom is -0.338 e. The number of halogens is 3. The Hall–Kier alpha value is -2.38. The number of amides is 1. The molecule has 1 amide bonds. The molecule has 8 heteroatoms. The van der Waals surface area contributed by atoms with Crippen molar-refractivity contribution in [2.75, 3.05) is 6.54 Å². The normalized spacial score (nSPS) is 14.6. The molecule has 0 atom stereocenters. The van der Waals surface area contributed by atoms with Crippen molar-refractivity contribution in [3.63, 3.8) is 0 Å². The molecule has 2 aromatic rings. The van der Waals surface area contributed by atoms with Gasteiger partial charge in [-0.3, -0.25) is 9.89 Å². The molecule has 0 fully saturated rings. The van der Waals surface area contributed by atoms with Crippen molar-refractivity contribution >= 4 is 5.91 Å². The van der Waals surface area contributed by atoms with Crippen LogP contribution in [0.1, 0.15) is 36.0 Å². The molecule has 0 bridgehead atoms. The SMILES string of the molecule is CCC(=O)N1CCc2[nH]nc(-c3ccc(C(F)(F)F)nc3C)c2C1. The first-order chi connectivity index (χ1) is 11.3. The Bertz CT molecular complexity index is 782. The lowest BCUT2D eigenvalue weighted by Gasteiger charge is -2.27. The molecular weight excluding hydrogens is 321 g/mol. The summed E-state index contributed by atoms with van der Waals surface area (Å²) in [6.45, 7) is 4.36. The molecule has 0 spiro atoms. The summed E-state index contributed by atoms with van der Waals surface area (Å²) < 4.78 is 38.3. The van der Waals surface area contributed by atoms with E-state index in [9.17, 15) is 18.0 Å². The van der Waals surface area contributed by atoms with E-state index in [-0.39, 0.29) is 11.6 Å². The minimum atomic E-state index is -4.47. The lowest BCUT2D eigenvalue weighted by atomic mass is 10.00. The molecule has 0 unspecified atom stereocenters. The number of carbonyl (C=O) groups excluding carboxylic acids is 1. The summed E-state index contributed by atoms with van der Waals surface area (Å²) in [5.74, 6) is 0.0510. The third-order valence-corrected chi connectivity index (χ3v) is 4.22. The van der Waals surface area contributed by atoms with E-state index in [1.165, 1.54) is 13.0 Å². The van der Waals surface area contributed by atoms with Crippen LogP contribution < -0.4 is 0 Å². The zero-order valence-corrected chi connectivity index (χ0v) is 13.4. The van der Waals surface area contributed by atoms with Crippen molar-refractivity contribution in [2.24, 2.45) is 0 Å². The second-order valence-electron chi connectivity index (χ2n) is 5.78. The number of hydrogen-bond acceptors (Lipinski definition) is 3. The summed E-state index contributed by atoms with van der Waals surface area (Å²) in [5, 5.41) is 7.19. The van der Waals surface area contributed by atoms with Gasteiger partial charge in [0.2, 0.25) is 5.91 Å². The van der Waals surface area contributed by atoms with Gasteiger partial charge >= 0.3 is 6.18 Å². The molecule has 3 rings (SSSR count). The number of pyridine rings is 1. The molecule has 1 N–H and O–H groups in total. The minimum absolute atomic E-state index is 0.0510. The van der Waals surface area contributed by atoms with Gasteiger partial charge in [0.1, 0.15) is 5.69 Å². The monoisotopic (exact) mass is 338 g/mol. The standard InChI is InChI=1S/C16H17F3N4O/c1-3-14(24)23-7-6-12-11(8-23)15(22-21-12)10-4-5-13(16(17,18)19)20-9(10)2/h4-5H,3,6-8H2,1-2H3,(H,21,22). The predicted molar refractivity (Wildman–Crippen MR) is 81.0 cm³/mol. The topological polar surface area (TPSA) is 61.9 Å². The van der Waals surface area contributed by atoms with Crippen LogP contribution in [0.5, 0.6) is 0 Å². The molecule has 128 valence electrons. The Balaban J connectivity index is 1.98. The Morgan fingerprint density at radius 3 is 2.75 bits per heavy atom. The fraction of sp³-hybridized carbons (Fsp3) is 0.438. The number of rotatable bonds is 2. The fourth-order valence-corrected chi connectivity index (χ4v) is 2.92. The molecule has 0 saturated heterocycles. The maximum absolute atomic E-state index is 12.8. The summed E-state index contributed by atoms with van der Waals surface area (Å²) in [7, 11) is 0. The van der Waals surface area contributed by atoms with Gasteiger partial charge in [0, 0.05) is 48.4 Å². The molecule has 0 aromatic carbocycles. The number of carbonyl (C=O) groups is 1. The fourth-order valence-electron chi connectivity index (χ4n) is 2.92. The third kappa shape index (κ3) is 2.88. The summed E-state index contributed by atoms with van der Waals surface area (Å²) in [5.41, 5.74) is 2.23. The van der Waals surface area contributed by atoms with Gasteiger partial charge in [-0.25, -0.2) is 4.98 Å². The van der Waals surface area contributed by atoms with Crippen molar-refractivity contribution in [3.05, 3.63) is 34.8 Å². The van der Waals surface area contributed by atoms with Crippen LogP contribution in [0.4, 0.5) is 13.2 Å². The van der Waals surface area contributed by atoms with Gasteiger partial charge in [0.25, 0.3) is 0 Å². The highest BCUT2D eigenvalue weighted by atomic mass is 19.4. The molecular formula is C16H17F3N4O. The predicted octanol–water partition coefficient (Wildman–Crippen LogP) is 3.09. The summed E-state index contributed by atoms with van der Waals surface area (Å²) in [4.78, 5) is 17.3. The average molecular weight is 338 g/mol. The average Bonchev–Trinajstić information content (AvgIpc) is 2.96. The lowest BCUT2D eigenvalue weighted by Crippen LogP contribution is -2.35. The number of aromatic amines is 1. The van der Waals surface area contributed by atoms with Crippen LogP contribution in [0, 0.1) is 6.92 Å². The van der Waals surface area contributed by atoms with Crippen molar-refractivity contribution in [3.8, 4) is 11.3 Å². The van der Waals surface area contributed by atoms with Crippen LogP contribution in [0.3, 0.4) is 0 Å². The third-order valence-electron chi connectivity index (χ3n) is 4.22. The largest absolute Gasteiger partial charge is 0.433 e. The van der Waals surface area contributed by atoms with E-state index in [2.05, 4.69) is 15.2 Å². The molecule has 24 heavy (non-hydrogen) atoms. The summed E-state index contributed by atoms with van der Waals surface area (Å²) >= 11 is 0. The van der Waals surface area contributed by atoms with Crippen LogP contribution >= 0.6 is 0 Å². The first-order valence-corrected chi connectivity index (χ1v) is 7.70. The van der Waals surface area contributed by atoms with E-state index >= 15 is 0 Å². The van der Waals surface area contributed by atoms with Crippen molar-refractivity contribution in [2.45, 2.75) is 39.4 Å². The van der Waals surface area contributed by atoms with Crippen LogP contribution in [0.2, 0.25) is 0 Å². The van der Waals surface area contributed by atoms with E-state index in [1.54, 1.807) is 11.8 Å². The first kappa shape index (κ1) is 16.5. The van der Waals surface area contributed by atoms with Crippen molar-refractivity contribution < 1.29 is 18.0 Å². The van der Waals surface area contributed by atoms with Gasteiger partial charge < -0.3 is 4.90 Å². The number of H-pyrrole nitrogens is 1. The maximum Gasteiger partial charge on any atom is 0.433 e. The van der Waals surface area contributed by atoms with Gasteiger partial charge in [0.05, 0.1) is 5.69 Å². The Kier molecular flexibility index (Phi) is 4.06. The van der Waals surface area contributed by atoms with Crippen molar-refractivity contribution in [1.82, 2.24) is 20.1 Å². The number of nitrogens with zero attached hydrogens (tertiary/aromatic N) is 3. The second-order valence-corrected chi connectivity index (χ2v) is 5.78. The molecule has 1 aliphatic rings. The quantitative estimate of drug-likeness (QED) is 0.915. The highest BCUT2D eigenvalue weighted by molar-refractivity contribution is 5.77. The zero-order chi connectivity index (χ0) is 17.5. The number of nitrogens with one attached hydrogen (secondary N) is 1. The number of alkyl halides is 3. The molecule has 0 saturated carbocycles. The highest BCUT2D eigenvalue weighted by Gasteiger charge is 2.33. The molecule has 0 radical (unpaired) electrons. The van der Waals surface area contributed by atoms with Crippen LogP contribution in [0.15, 0.2) is 12.1 Å². The van der Waals surface area contributed by atoms with Gasteiger partial charge in [-0.2, -0.15) is 18.3 Å². The van der Waals surface area contributed by atoms with E-state index in [4.69, 9.17) is 0 Å². The van der Waals surface area contributed by atoms with E-state index in [1.807, 2.05) is 0 Å². The zero-order valence-electron chi connectivity index (χ0n) is 13.4. The van der Waals surface area contributed by atoms with E-state index in [0.717, 1.165) is 17.3 Å². The molecule has 3 heterocycles. The summed E-state index contributed by atoms with van der Waals surface area (Å²) in [6.07, 6.45) is -3.40. The van der Waals surface area contributed by atoms with Gasteiger partial charge in [-0.05, 0) is 19.1 Å². The number of hydrogen-bond donors (Lipinski definition) is 1. The highest BCUT2D eigenvalue weighted by Crippen LogP contribution is 2.33. The maximum atomic E-state index is 12.8. The molecule has 2 aromatic heterocycles. The Morgan fingerprint density at radius 2 is 2.12 bits per heavy atom. The lowest BCUT2D eigenvalue weighted by molar-refractivity contribution is -0.141. The molecule has 1 aliphatic heterocycles. The van der Waals surface area contributed by atoms with Gasteiger partial charge in [0.15, 0.2) is 0 Å². The Morgan fingerprint density at radius 1 is 1.38 bits per heavy atom. The first-order valence-electron chi connectivity index (χ1n) is 7.70. The number of aryl methyl sites for hydroxylation is 1. The number of aromatic nitrogens is 3. The van der Waals surface area contributed by atoms with Crippen LogP contribution in [0.25, 0.3) is 11.3 Å².